The first-order valence-corrected chi connectivity index (χ1v) is 14.2. The number of carbonyl (C=O) groups excluding carboxylic acids is 1. The molecule has 2 heterocycles. The van der Waals surface area contributed by atoms with E-state index >= 15 is 0 Å². The summed E-state index contributed by atoms with van der Waals surface area (Å²) in [4.78, 5) is 29.7. The maximum absolute atomic E-state index is 13.5. The number of aromatic nitrogens is 2. The van der Waals surface area contributed by atoms with Gasteiger partial charge in [0.15, 0.2) is 0 Å². The van der Waals surface area contributed by atoms with Crippen LogP contribution in [0.1, 0.15) is 80.4 Å². The molecule has 0 spiro atoms. The van der Waals surface area contributed by atoms with E-state index in [1.807, 2.05) is 18.0 Å². The number of rotatable bonds is 6. The molecule has 5 atom stereocenters. The molecule has 6 rings (SSSR count). The highest BCUT2D eigenvalue weighted by Crippen LogP contribution is 2.70. The average molecular weight is 505 g/mol. The second kappa shape index (κ2) is 8.97. The van der Waals surface area contributed by atoms with Gasteiger partial charge in [0.1, 0.15) is 11.4 Å². The Balaban J connectivity index is 1.43. The number of amides is 1. The van der Waals surface area contributed by atoms with E-state index in [0.717, 1.165) is 51.0 Å². The molecule has 2 N–H and O–H groups in total. The average Bonchev–Trinajstić information content (AvgIpc) is 3.69. The fraction of sp³-hybridized carbons (Fsp3) is 0.633. The van der Waals surface area contributed by atoms with Crippen LogP contribution in [0, 0.1) is 17.3 Å². The molecule has 5 unspecified atom stereocenters. The lowest BCUT2D eigenvalue weighted by Crippen LogP contribution is -2.67. The van der Waals surface area contributed by atoms with E-state index < -0.39 is 0 Å². The van der Waals surface area contributed by atoms with Crippen molar-refractivity contribution < 1.29 is 9.90 Å². The van der Waals surface area contributed by atoms with Gasteiger partial charge < -0.3 is 10.0 Å². The van der Waals surface area contributed by atoms with Gasteiger partial charge in [-0.1, -0.05) is 13.0 Å². The maximum Gasteiger partial charge on any atom is 0.274 e. The molecule has 37 heavy (non-hydrogen) atoms. The molecule has 7 heteroatoms. The predicted octanol–water partition coefficient (Wildman–Crippen LogP) is 4.11. The zero-order valence-corrected chi connectivity index (χ0v) is 22.4. The molecular formula is C30H40N4O3. The number of aryl methyl sites for hydroxylation is 1. The maximum atomic E-state index is 13.5. The van der Waals surface area contributed by atoms with Crippen molar-refractivity contribution in [2.24, 2.45) is 17.3 Å². The number of carbonyl (C=O) groups is 1. The van der Waals surface area contributed by atoms with E-state index in [2.05, 4.69) is 41.1 Å². The summed E-state index contributed by atoms with van der Waals surface area (Å²) < 4.78 is 0. The normalized spacial score (nSPS) is 33.2. The Kier molecular flexibility index (Phi) is 5.98. The minimum atomic E-state index is -0.306. The van der Waals surface area contributed by atoms with E-state index in [1.165, 1.54) is 42.6 Å². The first-order valence-electron chi connectivity index (χ1n) is 14.2. The van der Waals surface area contributed by atoms with Crippen molar-refractivity contribution in [3.05, 3.63) is 57.5 Å². The SMILES string of the molecule is CCc1ccc(O)cc1C12CCN(CC3CC3)C(C)C13CCC(N(C)C(=O)c1ccc(=O)[nH]n1)C2CC3. The summed E-state index contributed by atoms with van der Waals surface area (Å²) in [6, 6.07) is 9.47. The van der Waals surface area contributed by atoms with Crippen LogP contribution in [-0.2, 0) is 11.8 Å². The van der Waals surface area contributed by atoms with Crippen molar-refractivity contribution in [2.75, 3.05) is 20.1 Å². The number of aromatic hydroxyl groups is 1. The molecular weight excluding hydrogens is 464 g/mol. The van der Waals surface area contributed by atoms with Gasteiger partial charge in [-0.05, 0) is 111 Å². The van der Waals surface area contributed by atoms with E-state index in [0.29, 0.717) is 17.7 Å². The summed E-state index contributed by atoms with van der Waals surface area (Å²) >= 11 is 0. The third-order valence-electron chi connectivity index (χ3n) is 10.8. The van der Waals surface area contributed by atoms with Crippen LogP contribution >= 0.6 is 0 Å². The van der Waals surface area contributed by atoms with Crippen LogP contribution in [-0.4, -0.2) is 63.2 Å². The van der Waals surface area contributed by atoms with Crippen molar-refractivity contribution in [2.45, 2.75) is 82.7 Å². The molecule has 0 radical (unpaired) electrons. The standard InChI is InChI=1S/C30H40N4O3/c1-4-21-7-8-22(35)17-24(21)30-15-16-34(18-20-5-6-20)19(2)29(30)13-11-23(30)26(12-14-29)33(3)28(37)25-9-10-27(36)32-31-25/h7-10,17,19-20,23,26,35H,4-6,11-16,18H2,1-3H3,(H,32,36). The highest BCUT2D eigenvalue weighted by Gasteiger charge is 2.69. The van der Waals surface area contributed by atoms with E-state index in [9.17, 15) is 14.7 Å². The summed E-state index contributed by atoms with van der Waals surface area (Å²) in [5.41, 5.74) is 2.69. The molecule has 1 amide bonds. The molecule has 198 valence electrons. The van der Waals surface area contributed by atoms with Crippen molar-refractivity contribution in [1.82, 2.24) is 20.0 Å². The van der Waals surface area contributed by atoms with Crippen LogP contribution in [0.2, 0.25) is 0 Å². The molecule has 3 saturated carbocycles. The lowest BCUT2D eigenvalue weighted by Gasteiger charge is -2.64. The number of piperidine rings is 1. The summed E-state index contributed by atoms with van der Waals surface area (Å²) in [5.74, 6) is 1.38. The molecule has 2 bridgehead atoms. The second-order valence-electron chi connectivity index (χ2n) is 12.2. The summed E-state index contributed by atoms with van der Waals surface area (Å²) in [6.07, 6.45) is 9.03. The van der Waals surface area contributed by atoms with Gasteiger partial charge in [-0.3, -0.25) is 14.5 Å². The van der Waals surface area contributed by atoms with Crippen LogP contribution in [0.3, 0.4) is 0 Å². The van der Waals surface area contributed by atoms with E-state index in [-0.39, 0.29) is 34.0 Å². The summed E-state index contributed by atoms with van der Waals surface area (Å²) in [5, 5.41) is 17.2. The van der Waals surface area contributed by atoms with Crippen LogP contribution in [0.15, 0.2) is 35.1 Å². The van der Waals surface area contributed by atoms with E-state index in [1.54, 1.807) is 0 Å². The number of benzene rings is 1. The van der Waals surface area contributed by atoms with Crippen LogP contribution in [0.5, 0.6) is 5.75 Å². The van der Waals surface area contributed by atoms with Gasteiger partial charge in [-0.2, -0.15) is 5.10 Å². The monoisotopic (exact) mass is 504 g/mol. The first kappa shape index (κ1) is 24.7. The van der Waals surface area contributed by atoms with Crippen molar-refractivity contribution in [1.29, 1.82) is 0 Å². The number of likely N-dealkylation sites (tertiary alicyclic amines) is 1. The van der Waals surface area contributed by atoms with Crippen LogP contribution in [0.4, 0.5) is 0 Å². The zero-order valence-electron chi connectivity index (χ0n) is 22.4. The third-order valence-corrected chi connectivity index (χ3v) is 10.8. The molecule has 1 saturated heterocycles. The fourth-order valence-electron chi connectivity index (χ4n) is 8.85. The van der Waals surface area contributed by atoms with Crippen molar-refractivity contribution >= 4 is 5.91 Å². The van der Waals surface area contributed by atoms with E-state index in [4.69, 9.17) is 0 Å². The Morgan fingerprint density at radius 2 is 1.95 bits per heavy atom. The third kappa shape index (κ3) is 3.68. The van der Waals surface area contributed by atoms with Gasteiger partial charge in [-0.25, -0.2) is 5.10 Å². The zero-order chi connectivity index (χ0) is 25.9. The number of nitrogens with one attached hydrogen (secondary N) is 1. The van der Waals surface area contributed by atoms with Gasteiger partial charge in [0.05, 0.1) is 0 Å². The minimum absolute atomic E-state index is 0.0769. The molecule has 4 fully saturated rings. The topological polar surface area (TPSA) is 89.5 Å². The predicted molar refractivity (Wildman–Crippen MR) is 143 cm³/mol. The van der Waals surface area contributed by atoms with Gasteiger partial charge in [-0.15, -0.1) is 0 Å². The van der Waals surface area contributed by atoms with Gasteiger partial charge >= 0.3 is 0 Å². The number of hydrogen-bond acceptors (Lipinski definition) is 5. The second-order valence-corrected chi connectivity index (χ2v) is 12.2. The Morgan fingerprint density at radius 3 is 2.65 bits per heavy atom. The molecule has 1 aliphatic heterocycles. The summed E-state index contributed by atoms with van der Waals surface area (Å²) in [6.45, 7) is 6.96. The van der Waals surface area contributed by atoms with Crippen LogP contribution < -0.4 is 5.56 Å². The van der Waals surface area contributed by atoms with Gasteiger partial charge in [0.25, 0.3) is 11.5 Å². The van der Waals surface area contributed by atoms with Crippen LogP contribution in [0.25, 0.3) is 0 Å². The summed E-state index contributed by atoms with van der Waals surface area (Å²) in [7, 11) is 1.91. The highest BCUT2D eigenvalue weighted by molar-refractivity contribution is 5.92. The Morgan fingerprint density at radius 1 is 1.16 bits per heavy atom. The highest BCUT2D eigenvalue weighted by atomic mass is 16.3. The molecule has 4 aliphatic rings. The largest absolute Gasteiger partial charge is 0.508 e. The molecule has 7 nitrogen and oxygen atoms in total. The molecule has 1 aromatic carbocycles. The quantitative estimate of drug-likeness (QED) is 0.618. The number of H-pyrrole nitrogens is 1. The number of phenols is 1. The Hall–Kier alpha value is -2.67. The number of aromatic amines is 1. The number of hydrogen-bond donors (Lipinski definition) is 2. The smallest absolute Gasteiger partial charge is 0.274 e. The Labute approximate surface area is 219 Å². The molecule has 3 aliphatic carbocycles. The number of phenolic OH excluding ortho intramolecular Hbond substituents is 1. The molecule has 1 aromatic heterocycles. The van der Waals surface area contributed by atoms with Crippen molar-refractivity contribution in [3.8, 4) is 5.75 Å². The minimum Gasteiger partial charge on any atom is -0.508 e. The lowest BCUT2D eigenvalue weighted by atomic mass is 9.46. The molecule has 2 aromatic rings. The fourth-order valence-corrected chi connectivity index (χ4v) is 8.85. The van der Waals surface area contributed by atoms with Crippen molar-refractivity contribution in [3.63, 3.8) is 0 Å². The van der Waals surface area contributed by atoms with Gasteiger partial charge in [0.2, 0.25) is 0 Å². The lowest BCUT2D eigenvalue weighted by molar-refractivity contribution is -0.0893. The Bertz CT molecular complexity index is 1240. The van der Waals surface area contributed by atoms with Gasteiger partial charge in [0, 0.05) is 37.2 Å². The first-order chi connectivity index (χ1) is 17.8. The number of nitrogens with zero attached hydrogens (tertiary/aromatic N) is 3.